The molecule has 19 heavy (non-hydrogen) atoms. The molecule has 2 rings (SSSR count). The third kappa shape index (κ3) is 3.62. The second-order valence-corrected chi connectivity index (χ2v) is 6.16. The van der Waals surface area contributed by atoms with E-state index >= 15 is 0 Å². The second kappa shape index (κ2) is 6.28. The third-order valence-electron chi connectivity index (χ3n) is 3.29. The Morgan fingerprint density at radius 1 is 1.21 bits per heavy atom. The lowest BCUT2D eigenvalue weighted by Gasteiger charge is -2.16. The van der Waals surface area contributed by atoms with Crippen molar-refractivity contribution in [2.75, 3.05) is 0 Å². The highest BCUT2D eigenvalue weighted by Crippen LogP contribution is 2.21. The fourth-order valence-electron chi connectivity index (χ4n) is 2.10. The Morgan fingerprint density at radius 3 is 2.32 bits per heavy atom. The molecule has 0 aliphatic rings. The predicted octanol–water partition coefficient (Wildman–Crippen LogP) is 3.32. The van der Waals surface area contributed by atoms with E-state index in [9.17, 15) is 0 Å². The van der Waals surface area contributed by atoms with Gasteiger partial charge in [-0.25, -0.2) is 4.98 Å². The molecule has 0 spiro atoms. The summed E-state index contributed by atoms with van der Waals surface area (Å²) in [4.78, 5) is 4.49. The summed E-state index contributed by atoms with van der Waals surface area (Å²) < 4.78 is 0. The Kier molecular flexibility index (Phi) is 4.69. The van der Waals surface area contributed by atoms with Gasteiger partial charge in [0.1, 0.15) is 0 Å². The van der Waals surface area contributed by atoms with Crippen LogP contribution in [0.2, 0.25) is 0 Å². The van der Waals surface area contributed by atoms with Crippen LogP contribution in [0.4, 0.5) is 0 Å². The van der Waals surface area contributed by atoms with E-state index in [1.165, 1.54) is 11.1 Å². The molecule has 102 valence electrons. The fourth-order valence-corrected chi connectivity index (χ4v) is 2.72. The van der Waals surface area contributed by atoms with Crippen molar-refractivity contribution in [2.45, 2.75) is 39.2 Å². The normalized spacial score (nSPS) is 12.9. The van der Waals surface area contributed by atoms with Gasteiger partial charge < -0.3 is 0 Å². The molecular formula is C15H21N3S. The Labute approximate surface area is 118 Å². The molecule has 1 heterocycles. The van der Waals surface area contributed by atoms with Crippen LogP contribution in [-0.2, 0) is 6.42 Å². The van der Waals surface area contributed by atoms with Crippen LogP contribution in [0.15, 0.2) is 29.6 Å². The number of nitrogens with one attached hydrogen (secondary N) is 1. The number of nitrogens with two attached hydrogens (primary N) is 1. The number of hydrazine groups is 1. The number of benzene rings is 1. The summed E-state index contributed by atoms with van der Waals surface area (Å²) in [5, 5.41) is 3.20. The molecule has 0 saturated heterocycles. The Morgan fingerprint density at radius 2 is 1.84 bits per heavy atom. The quantitative estimate of drug-likeness (QED) is 0.650. The number of aromatic nitrogens is 1. The molecule has 1 aromatic heterocycles. The Bertz CT molecular complexity index is 516. The van der Waals surface area contributed by atoms with Crippen LogP contribution in [0.5, 0.6) is 0 Å². The molecule has 0 amide bonds. The lowest BCUT2D eigenvalue weighted by Crippen LogP contribution is -2.29. The van der Waals surface area contributed by atoms with Gasteiger partial charge >= 0.3 is 0 Å². The van der Waals surface area contributed by atoms with Gasteiger partial charge in [0.15, 0.2) is 0 Å². The molecule has 0 aliphatic heterocycles. The summed E-state index contributed by atoms with van der Waals surface area (Å²) in [5.74, 6) is 6.24. The fraction of sp³-hybridized carbons (Fsp3) is 0.400. The zero-order chi connectivity index (χ0) is 13.8. The Hall–Kier alpha value is -1.23. The monoisotopic (exact) mass is 275 g/mol. The minimum atomic E-state index is 0.114. The van der Waals surface area contributed by atoms with Gasteiger partial charge in [-0.15, -0.1) is 11.3 Å². The number of rotatable bonds is 5. The molecule has 2 aromatic rings. The van der Waals surface area contributed by atoms with Crippen molar-refractivity contribution >= 4 is 11.3 Å². The van der Waals surface area contributed by atoms with Crippen molar-refractivity contribution in [1.29, 1.82) is 0 Å². The number of nitrogens with zero attached hydrogens (tertiary/aromatic N) is 1. The zero-order valence-corrected chi connectivity index (χ0v) is 12.5. The van der Waals surface area contributed by atoms with Crippen molar-refractivity contribution < 1.29 is 0 Å². The van der Waals surface area contributed by atoms with E-state index in [0.29, 0.717) is 5.92 Å². The lowest BCUT2D eigenvalue weighted by molar-refractivity contribution is 0.546. The maximum atomic E-state index is 5.68. The highest BCUT2D eigenvalue weighted by Gasteiger charge is 2.12. The summed E-state index contributed by atoms with van der Waals surface area (Å²) >= 11 is 1.68. The first kappa shape index (κ1) is 14.2. The largest absolute Gasteiger partial charge is 0.271 e. The van der Waals surface area contributed by atoms with Gasteiger partial charge in [-0.3, -0.25) is 11.3 Å². The van der Waals surface area contributed by atoms with Crippen LogP contribution < -0.4 is 11.3 Å². The smallest absolute Gasteiger partial charge is 0.0897 e. The van der Waals surface area contributed by atoms with E-state index < -0.39 is 0 Å². The average molecular weight is 275 g/mol. The van der Waals surface area contributed by atoms with Gasteiger partial charge in [-0.1, -0.05) is 38.1 Å². The van der Waals surface area contributed by atoms with E-state index in [0.717, 1.165) is 17.1 Å². The summed E-state index contributed by atoms with van der Waals surface area (Å²) in [6.45, 7) is 6.42. The lowest BCUT2D eigenvalue weighted by atomic mass is 9.97. The third-order valence-corrected chi connectivity index (χ3v) is 4.11. The SMILES string of the molecule is Cc1nc(CC(NN)c2ccc(C(C)C)cc2)cs1. The molecular weight excluding hydrogens is 254 g/mol. The van der Waals surface area contributed by atoms with Crippen molar-refractivity contribution in [3.05, 3.63) is 51.5 Å². The predicted molar refractivity (Wildman–Crippen MR) is 81.2 cm³/mol. The first-order chi connectivity index (χ1) is 9.10. The van der Waals surface area contributed by atoms with Crippen LogP contribution in [0.3, 0.4) is 0 Å². The van der Waals surface area contributed by atoms with Crippen LogP contribution >= 0.6 is 11.3 Å². The maximum Gasteiger partial charge on any atom is 0.0897 e. The molecule has 0 aliphatic carbocycles. The molecule has 0 fully saturated rings. The van der Waals surface area contributed by atoms with Gasteiger partial charge in [0.2, 0.25) is 0 Å². The second-order valence-electron chi connectivity index (χ2n) is 5.10. The van der Waals surface area contributed by atoms with Crippen LogP contribution in [-0.4, -0.2) is 4.98 Å². The average Bonchev–Trinajstić information content (AvgIpc) is 2.81. The van der Waals surface area contributed by atoms with E-state index in [2.05, 4.69) is 53.9 Å². The minimum absolute atomic E-state index is 0.114. The van der Waals surface area contributed by atoms with Crippen molar-refractivity contribution in [3.63, 3.8) is 0 Å². The molecule has 4 heteroatoms. The topological polar surface area (TPSA) is 50.9 Å². The standard InChI is InChI=1S/C15H21N3S/c1-10(2)12-4-6-13(7-5-12)15(18-16)8-14-9-19-11(3)17-14/h4-7,9-10,15,18H,8,16H2,1-3H3. The van der Waals surface area contributed by atoms with Crippen molar-refractivity contribution in [3.8, 4) is 0 Å². The van der Waals surface area contributed by atoms with Gasteiger partial charge in [0.05, 0.1) is 16.7 Å². The van der Waals surface area contributed by atoms with Gasteiger partial charge in [0.25, 0.3) is 0 Å². The Balaban J connectivity index is 2.12. The first-order valence-corrected chi connectivity index (χ1v) is 7.45. The molecule has 3 nitrogen and oxygen atoms in total. The van der Waals surface area contributed by atoms with E-state index in [-0.39, 0.29) is 6.04 Å². The highest BCUT2D eigenvalue weighted by molar-refractivity contribution is 7.09. The molecule has 0 radical (unpaired) electrons. The minimum Gasteiger partial charge on any atom is -0.271 e. The zero-order valence-electron chi connectivity index (χ0n) is 11.7. The number of hydrogen-bond donors (Lipinski definition) is 2. The van der Waals surface area contributed by atoms with E-state index in [1.54, 1.807) is 11.3 Å². The summed E-state index contributed by atoms with van der Waals surface area (Å²) in [7, 11) is 0. The van der Waals surface area contributed by atoms with Crippen LogP contribution in [0, 0.1) is 6.92 Å². The highest BCUT2D eigenvalue weighted by atomic mass is 32.1. The number of thiazole rings is 1. The molecule has 1 atom stereocenters. The van der Waals surface area contributed by atoms with Gasteiger partial charge in [0, 0.05) is 11.8 Å². The van der Waals surface area contributed by atoms with Gasteiger partial charge in [-0.2, -0.15) is 0 Å². The maximum absolute atomic E-state index is 5.68. The summed E-state index contributed by atoms with van der Waals surface area (Å²) in [6.07, 6.45) is 0.821. The van der Waals surface area contributed by atoms with Crippen molar-refractivity contribution in [1.82, 2.24) is 10.4 Å². The van der Waals surface area contributed by atoms with Crippen molar-refractivity contribution in [2.24, 2.45) is 5.84 Å². The van der Waals surface area contributed by atoms with Crippen LogP contribution in [0.25, 0.3) is 0 Å². The van der Waals surface area contributed by atoms with E-state index in [1.807, 2.05) is 6.92 Å². The number of aryl methyl sites for hydroxylation is 1. The first-order valence-electron chi connectivity index (χ1n) is 6.57. The number of hydrogen-bond acceptors (Lipinski definition) is 4. The summed E-state index contributed by atoms with van der Waals surface area (Å²) in [6, 6.07) is 8.77. The molecule has 0 bridgehead atoms. The van der Waals surface area contributed by atoms with Gasteiger partial charge in [-0.05, 0) is 24.0 Å². The summed E-state index contributed by atoms with van der Waals surface area (Å²) in [5.41, 5.74) is 6.54. The molecule has 3 N–H and O–H groups in total. The van der Waals surface area contributed by atoms with Crippen LogP contribution in [0.1, 0.15) is 47.6 Å². The molecule has 1 aromatic carbocycles. The van der Waals surface area contributed by atoms with E-state index in [4.69, 9.17) is 5.84 Å². The molecule has 1 unspecified atom stereocenters. The molecule has 0 saturated carbocycles.